The van der Waals surface area contributed by atoms with Gasteiger partial charge in [0.05, 0.1) is 6.10 Å². The standard InChI is InChI=1S/C19H27N3O.HI/c1-19(2)16(14-8-6-12-23-17(14)19)21-18(20-3)22-11-10-13-7-4-5-9-15(13)22;/h4-5,7,9,14,16-17H,6,8,10-12H2,1-3H3,(H,20,21);1H. The van der Waals surface area contributed by atoms with E-state index in [1.54, 1.807) is 0 Å². The summed E-state index contributed by atoms with van der Waals surface area (Å²) in [6.07, 6.45) is 3.94. The van der Waals surface area contributed by atoms with Crippen molar-refractivity contribution in [3.63, 3.8) is 0 Å². The van der Waals surface area contributed by atoms with E-state index in [0.717, 1.165) is 25.5 Å². The van der Waals surface area contributed by atoms with Crippen LogP contribution >= 0.6 is 24.0 Å². The zero-order chi connectivity index (χ0) is 16.0. The summed E-state index contributed by atoms with van der Waals surface area (Å²) in [5, 5.41) is 3.77. The minimum absolute atomic E-state index is 0. The number of fused-ring (bicyclic) bond motifs is 2. The Morgan fingerprint density at radius 2 is 2.12 bits per heavy atom. The lowest BCUT2D eigenvalue weighted by molar-refractivity contribution is -0.188. The number of nitrogens with zero attached hydrogens (tertiary/aromatic N) is 2. The molecule has 24 heavy (non-hydrogen) atoms. The number of guanidine groups is 1. The van der Waals surface area contributed by atoms with Gasteiger partial charge in [-0.05, 0) is 30.9 Å². The van der Waals surface area contributed by atoms with Crippen molar-refractivity contribution in [2.24, 2.45) is 16.3 Å². The molecule has 3 unspecified atom stereocenters. The fourth-order valence-corrected chi connectivity index (χ4v) is 4.78. The van der Waals surface area contributed by atoms with E-state index in [1.165, 1.54) is 24.1 Å². The summed E-state index contributed by atoms with van der Waals surface area (Å²) >= 11 is 0. The van der Waals surface area contributed by atoms with E-state index >= 15 is 0 Å². The van der Waals surface area contributed by atoms with Crippen molar-refractivity contribution >= 4 is 35.6 Å². The van der Waals surface area contributed by atoms with Crippen LogP contribution in [0.3, 0.4) is 0 Å². The Morgan fingerprint density at radius 1 is 1.33 bits per heavy atom. The van der Waals surface area contributed by atoms with Gasteiger partial charge in [-0.15, -0.1) is 24.0 Å². The number of anilines is 1. The van der Waals surface area contributed by atoms with Crippen molar-refractivity contribution < 1.29 is 4.74 Å². The summed E-state index contributed by atoms with van der Waals surface area (Å²) in [7, 11) is 1.89. The Kier molecular flexibility index (Phi) is 5.12. The van der Waals surface area contributed by atoms with Gasteiger partial charge in [0.25, 0.3) is 0 Å². The van der Waals surface area contributed by atoms with Crippen LogP contribution in [0.4, 0.5) is 5.69 Å². The SMILES string of the molecule is CN=C(NC1C2CCCOC2C1(C)C)N1CCc2ccccc21.I. The quantitative estimate of drug-likeness (QED) is 0.412. The van der Waals surface area contributed by atoms with Crippen molar-refractivity contribution in [1.29, 1.82) is 0 Å². The fraction of sp³-hybridized carbons (Fsp3) is 0.632. The Morgan fingerprint density at radius 3 is 2.92 bits per heavy atom. The minimum Gasteiger partial charge on any atom is -0.377 e. The summed E-state index contributed by atoms with van der Waals surface area (Å²) in [5.74, 6) is 1.63. The predicted octanol–water partition coefficient (Wildman–Crippen LogP) is 3.45. The molecule has 5 heteroatoms. The average Bonchev–Trinajstić information content (AvgIpc) is 3.00. The van der Waals surface area contributed by atoms with Gasteiger partial charge in [-0.1, -0.05) is 32.0 Å². The molecule has 3 atom stereocenters. The van der Waals surface area contributed by atoms with E-state index in [0.29, 0.717) is 18.1 Å². The van der Waals surface area contributed by atoms with Gasteiger partial charge >= 0.3 is 0 Å². The molecule has 0 aromatic heterocycles. The van der Waals surface area contributed by atoms with Crippen molar-refractivity contribution in [2.75, 3.05) is 25.1 Å². The van der Waals surface area contributed by atoms with Gasteiger partial charge < -0.3 is 15.0 Å². The van der Waals surface area contributed by atoms with Crippen LogP contribution in [0.1, 0.15) is 32.3 Å². The molecule has 1 saturated carbocycles. The number of para-hydroxylation sites is 1. The highest BCUT2D eigenvalue weighted by Gasteiger charge is 2.58. The number of benzene rings is 1. The number of ether oxygens (including phenoxy) is 1. The van der Waals surface area contributed by atoms with Gasteiger partial charge in [0.1, 0.15) is 0 Å². The van der Waals surface area contributed by atoms with Gasteiger partial charge in [0.2, 0.25) is 0 Å². The van der Waals surface area contributed by atoms with Crippen LogP contribution in [0, 0.1) is 11.3 Å². The summed E-state index contributed by atoms with van der Waals surface area (Å²) in [5.41, 5.74) is 2.89. The molecule has 1 aliphatic carbocycles. The lowest BCUT2D eigenvalue weighted by Gasteiger charge is -2.60. The number of hydrogen-bond acceptors (Lipinski definition) is 2. The Hall–Kier alpha value is -0.820. The van der Waals surface area contributed by atoms with E-state index in [4.69, 9.17) is 4.74 Å². The maximum atomic E-state index is 6.03. The van der Waals surface area contributed by atoms with Gasteiger partial charge in [-0.25, -0.2) is 0 Å². The molecule has 0 radical (unpaired) electrons. The second-order valence-electron chi connectivity index (χ2n) is 7.62. The largest absolute Gasteiger partial charge is 0.377 e. The molecule has 2 fully saturated rings. The van der Waals surface area contributed by atoms with E-state index in [9.17, 15) is 0 Å². The molecule has 1 N–H and O–H groups in total. The molecule has 3 aliphatic rings. The van der Waals surface area contributed by atoms with Crippen LogP contribution in [0.2, 0.25) is 0 Å². The first-order valence-electron chi connectivity index (χ1n) is 8.83. The number of hydrogen-bond donors (Lipinski definition) is 1. The molecule has 2 heterocycles. The molecule has 4 rings (SSSR count). The van der Waals surface area contributed by atoms with E-state index in [2.05, 4.69) is 53.3 Å². The lowest BCUT2D eigenvalue weighted by atomic mass is 9.55. The number of aliphatic imine (C=N–C) groups is 1. The first kappa shape index (κ1) is 18.0. The van der Waals surface area contributed by atoms with Crippen LogP contribution in [0.15, 0.2) is 29.3 Å². The molecule has 0 bridgehead atoms. The van der Waals surface area contributed by atoms with Crippen LogP contribution < -0.4 is 10.2 Å². The van der Waals surface area contributed by atoms with Crippen LogP contribution in [-0.2, 0) is 11.2 Å². The Balaban J connectivity index is 0.00000169. The number of halogens is 1. The normalized spacial score (nSPS) is 30.7. The third-order valence-electron chi connectivity index (χ3n) is 5.97. The molecule has 4 nitrogen and oxygen atoms in total. The van der Waals surface area contributed by atoms with E-state index < -0.39 is 0 Å². The first-order valence-corrected chi connectivity index (χ1v) is 8.83. The monoisotopic (exact) mass is 441 g/mol. The number of nitrogens with one attached hydrogen (secondary N) is 1. The molecule has 132 valence electrons. The second kappa shape index (κ2) is 6.83. The minimum atomic E-state index is 0. The molecule has 2 aliphatic heterocycles. The Bertz CT molecular complexity index is 631. The first-order chi connectivity index (χ1) is 11.1. The maximum absolute atomic E-state index is 6.03. The third kappa shape index (κ3) is 2.73. The second-order valence-corrected chi connectivity index (χ2v) is 7.62. The van der Waals surface area contributed by atoms with Crippen molar-refractivity contribution in [3.8, 4) is 0 Å². The number of rotatable bonds is 1. The highest BCUT2D eigenvalue weighted by atomic mass is 127. The van der Waals surface area contributed by atoms with Gasteiger partial charge in [0, 0.05) is 43.3 Å². The molecule has 1 aromatic rings. The summed E-state index contributed by atoms with van der Waals surface area (Å²) in [6, 6.07) is 9.11. The van der Waals surface area contributed by atoms with E-state index in [1.807, 2.05) is 7.05 Å². The molecule has 0 spiro atoms. The van der Waals surface area contributed by atoms with Crippen LogP contribution in [0.5, 0.6) is 0 Å². The molecule has 1 aromatic carbocycles. The zero-order valence-corrected chi connectivity index (χ0v) is 17.1. The van der Waals surface area contributed by atoms with Crippen molar-refractivity contribution in [1.82, 2.24) is 5.32 Å². The maximum Gasteiger partial charge on any atom is 0.198 e. The highest BCUT2D eigenvalue weighted by Crippen LogP contribution is 2.51. The molecule has 0 amide bonds. The summed E-state index contributed by atoms with van der Waals surface area (Å²) < 4.78 is 6.03. The smallest absolute Gasteiger partial charge is 0.198 e. The summed E-state index contributed by atoms with van der Waals surface area (Å²) in [6.45, 7) is 6.58. The van der Waals surface area contributed by atoms with E-state index in [-0.39, 0.29) is 29.4 Å². The van der Waals surface area contributed by atoms with Gasteiger partial charge in [-0.3, -0.25) is 4.99 Å². The third-order valence-corrected chi connectivity index (χ3v) is 5.97. The lowest BCUT2D eigenvalue weighted by Crippen LogP contribution is -2.71. The van der Waals surface area contributed by atoms with Crippen LogP contribution in [-0.4, -0.2) is 38.3 Å². The van der Waals surface area contributed by atoms with Gasteiger partial charge in [-0.2, -0.15) is 0 Å². The van der Waals surface area contributed by atoms with Crippen molar-refractivity contribution in [2.45, 2.75) is 45.3 Å². The summed E-state index contributed by atoms with van der Waals surface area (Å²) in [4.78, 5) is 6.92. The topological polar surface area (TPSA) is 36.9 Å². The Labute approximate surface area is 162 Å². The highest BCUT2D eigenvalue weighted by molar-refractivity contribution is 14.0. The van der Waals surface area contributed by atoms with Crippen LogP contribution in [0.25, 0.3) is 0 Å². The molecular weight excluding hydrogens is 413 g/mol. The molecular formula is C19H28IN3O. The average molecular weight is 441 g/mol. The van der Waals surface area contributed by atoms with Gasteiger partial charge in [0.15, 0.2) is 5.96 Å². The molecule has 1 saturated heterocycles. The zero-order valence-electron chi connectivity index (χ0n) is 14.8. The fourth-order valence-electron chi connectivity index (χ4n) is 4.78. The predicted molar refractivity (Wildman–Crippen MR) is 109 cm³/mol. The van der Waals surface area contributed by atoms with Crippen molar-refractivity contribution in [3.05, 3.63) is 29.8 Å².